The van der Waals surface area contributed by atoms with Crippen LogP contribution in [0.2, 0.25) is 0 Å². The number of aryl methyl sites for hydroxylation is 1. The minimum atomic E-state index is -0.0734. The van der Waals surface area contributed by atoms with Crippen LogP contribution in [-0.4, -0.2) is 46.8 Å². The average Bonchev–Trinajstić information content (AvgIpc) is 2.82. The lowest BCUT2D eigenvalue weighted by atomic mass is 9.89. The van der Waals surface area contributed by atoms with E-state index in [0.29, 0.717) is 42.3 Å². The van der Waals surface area contributed by atoms with Gasteiger partial charge in [-0.05, 0) is 44.0 Å². The van der Waals surface area contributed by atoms with Crippen LogP contribution in [0.5, 0.6) is 11.5 Å². The molecule has 0 N–H and O–H groups in total. The third kappa shape index (κ3) is 3.81. The van der Waals surface area contributed by atoms with Crippen LogP contribution >= 0.6 is 0 Å². The van der Waals surface area contributed by atoms with Gasteiger partial charge in [0.2, 0.25) is 0 Å². The predicted molar refractivity (Wildman–Crippen MR) is 117 cm³/mol. The number of hydrogen-bond acceptors (Lipinski definition) is 6. The highest BCUT2D eigenvalue weighted by Crippen LogP contribution is 2.32. The summed E-state index contributed by atoms with van der Waals surface area (Å²) in [7, 11) is 0. The second-order valence-corrected chi connectivity index (χ2v) is 8.19. The van der Waals surface area contributed by atoms with Gasteiger partial charge in [0.1, 0.15) is 13.2 Å². The predicted octanol–water partition coefficient (Wildman–Crippen LogP) is 3.03. The molecular weight excluding hydrogens is 394 g/mol. The number of carbonyl (C=O) groups excluding carboxylic acids is 1. The second-order valence-electron chi connectivity index (χ2n) is 8.19. The first kappa shape index (κ1) is 19.8. The lowest BCUT2D eigenvalue weighted by Gasteiger charge is -2.31. The zero-order valence-electron chi connectivity index (χ0n) is 17.5. The van der Waals surface area contributed by atoms with Gasteiger partial charge in [-0.2, -0.15) is 5.10 Å². The molecule has 2 aliphatic rings. The van der Waals surface area contributed by atoms with Crippen LogP contribution in [0.4, 0.5) is 0 Å². The molecule has 1 aromatic heterocycles. The normalized spacial score (nSPS) is 17.1. The molecule has 0 unspecified atom stereocenters. The smallest absolute Gasteiger partial charge is 0.275 e. The monoisotopic (exact) mass is 419 g/mol. The molecule has 3 aromatic rings. The van der Waals surface area contributed by atoms with Crippen molar-refractivity contribution in [1.29, 1.82) is 0 Å². The molecule has 5 rings (SSSR count). The standard InChI is InChI=1S/C24H25N3O4/c1-16-19-4-2-3-5-20(19)24(29)27(25-16)15-26-10-8-17(9-11-26)23(28)18-6-7-21-22(14-18)31-13-12-30-21/h2-7,14,17H,8-13,15H2,1H3. The maximum atomic E-state index is 13.0. The maximum absolute atomic E-state index is 13.0. The van der Waals surface area contributed by atoms with Gasteiger partial charge in [-0.1, -0.05) is 18.2 Å². The van der Waals surface area contributed by atoms with E-state index in [-0.39, 0.29) is 17.3 Å². The SMILES string of the molecule is Cc1nn(CN2CCC(C(=O)c3ccc4c(c3)OCCO4)CC2)c(=O)c2ccccc12. The second kappa shape index (κ2) is 8.15. The number of likely N-dealkylation sites (tertiary alicyclic amines) is 1. The number of ether oxygens (including phenoxy) is 2. The molecule has 0 atom stereocenters. The molecule has 1 saturated heterocycles. The number of carbonyl (C=O) groups is 1. The first-order chi connectivity index (χ1) is 15.1. The van der Waals surface area contributed by atoms with E-state index < -0.39 is 0 Å². The molecule has 3 heterocycles. The third-order valence-corrected chi connectivity index (χ3v) is 6.17. The van der Waals surface area contributed by atoms with Crippen molar-refractivity contribution in [2.45, 2.75) is 26.4 Å². The maximum Gasteiger partial charge on any atom is 0.275 e. The van der Waals surface area contributed by atoms with Crippen molar-refractivity contribution < 1.29 is 14.3 Å². The largest absolute Gasteiger partial charge is 0.486 e. The van der Waals surface area contributed by atoms with E-state index in [1.54, 1.807) is 10.7 Å². The van der Waals surface area contributed by atoms with Crippen molar-refractivity contribution in [2.75, 3.05) is 26.3 Å². The Bertz CT molecular complexity index is 1200. The Morgan fingerprint density at radius 2 is 1.74 bits per heavy atom. The molecule has 31 heavy (non-hydrogen) atoms. The van der Waals surface area contributed by atoms with Crippen molar-refractivity contribution in [1.82, 2.24) is 14.7 Å². The summed E-state index contributed by atoms with van der Waals surface area (Å²) in [6.45, 7) is 4.91. The zero-order chi connectivity index (χ0) is 21.4. The fraction of sp³-hybridized carbons (Fsp3) is 0.375. The van der Waals surface area contributed by atoms with Crippen LogP contribution in [0, 0.1) is 12.8 Å². The number of aromatic nitrogens is 2. The minimum Gasteiger partial charge on any atom is -0.486 e. The Morgan fingerprint density at radius 1 is 1.03 bits per heavy atom. The number of piperidine rings is 1. The molecule has 1 fully saturated rings. The molecule has 0 aliphatic carbocycles. The summed E-state index contributed by atoms with van der Waals surface area (Å²) in [5.41, 5.74) is 1.44. The van der Waals surface area contributed by atoms with E-state index in [0.717, 1.165) is 37.0 Å². The van der Waals surface area contributed by atoms with Crippen molar-refractivity contribution in [2.24, 2.45) is 5.92 Å². The summed E-state index contributed by atoms with van der Waals surface area (Å²) in [6.07, 6.45) is 1.52. The molecule has 2 aliphatic heterocycles. The van der Waals surface area contributed by atoms with Crippen molar-refractivity contribution >= 4 is 16.6 Å². The molecule has 160 valence electrons. The highest BCUT2D eigenvalue weighted by molar-refractivity contribution is 5.98. The Labute approximate surface area is 180 Å². The van der Waals surface area contributed by atoms with Gasteiger partial charge in [0.25, 0.3) is 5.56 Å². The van der Waals surface area contributed by atoms with Crippen LogP contribution < -0.4 is 15.0 Å². The third-order valence-electron chi connectivity index (χ3n) is 6.17. The first-order valence-corrected chi connectivity index (χ1v) is 10.7. The van der Waals surface area contributed by atoms with Crippen LogP contribution in [-0.2, 0) is 6.67 Å². The summed E-state index contributed by atoms with van der Waals surface area (Å²) in [5, 5.41) is 6.10. The van der Waals surface area contributed by atoms with Crippen molar-refractivity contribution in [3.63, 3.8) is 0 Å². The van der Waals surface area contributed by atoms with E-state index >= 15 is 0 Å². The zero-order valence-corrected chi connectivity index (χ0v) is 17.5. The molecule has 7 nitrogen and oxygen atoms in total. The lowest BCUT2D eigenvalue weighted by Crippen LogP contribution is -2.40. The van der Waals surface area contributed by atoms with Crippen molar-refractivity contribution in [3.05, 3.63) is 64.1 Å². The molecule has 0 spiro atoms. The summed E-state index contributed by atoms with van der Waals surface area (Å²) < 4.78 is 12.7. The van der Waals surface area contributed by atoms with E-state index in [4.69, 9.17) is 9.47 Å². The number of Topliss-reactive ketones (excluding diaryl/α,β-unsaturated/α-hetero) is 1. The van der Waals surface area contributed by atoms with Crippen LogP contribution in [0.1, 0.15) is 28.9 Å². The van der Waals surface area contributed by atoms with E-state index in [1.165, 1.54) is 0 Å². The fourth-order valence-corrected chi connectivity index (χ4v) is 4.46. The summed E-state index contributed by atoms with van der Waals surface area (Å²) in [4.78, 5) is 28.0. The topological polar surface area (TPSA) is 73.7 Å². The highest BCUT2D eigenvalue weighted by Gasteiger charge is 2.27. The quantitative estimate of drug-likeness (QED) is 0.606. The van der Waals surface area contributed by atoms with Gasteiger partial charge in [-0.15, -0.1) is 0 Å². The number of benzene rings is 2. The first-order valence-electron chi connectivity index (χ1n) is 10.7. The van der Waals surface area contributed by atoms with Crippen LogP contribution in [0.15, 0.2) is 47.3 Å². The Balaban J connectivity index is 1.26. The van der Waals surface area contributed by atoms with E-state index in [2.05, 4.69) is 10.00 Å². The number of hydrogen-bond donors (Lipinski definition) is 0. The van der Waals surface area contributed by atoms with Crippen LogP contribution in [0.3, 0.4) is 0 Å². The van der Waals surface area contributed by atoms with Gasteiger partial charge in [0, 0.05) is 30.0 Å². The summed E-state index contributed by atoms with van der Waals surface area (Å²) in [6, 6.07) is 13.0. The van der Waals surface area contributed by atoms with Gasteiger partial charge in [0.05, 0.1) is 17.7 Å². The molecule has 0 amide bonds. The summed E-state index contributed by atoms with van der Waals surface area (Å²) >= 11 is 0. The molecule has 2 aromatic carbocycles. The molecule has 0 saturated carbocycles. The number of ketones is 1. The molecule has 0 bridgehead atoms. The Morgan fingerprint density at radius 3 is 2.52 bits per heavy atom. The highest BCUT2D eigenvalue weighted by atomic mass is 16.6. The number of rotatable bonds is 4. The fourth-order valence-electron chi connectivity index (χ4n) is 4.46. The van der Waals surface area contributed by atoms with Gasteiger partial charge in [-0.3, -0.25) is 14.5 Å². The molecular formula is C24H25N3O4. The van der Waals surface area contributed by atoms with Gasteiger partial charge in [0.15, 0.2) is 17.3 Å². The number of nitrogens with zero attached hydrogens (tertiary/aromatic N) is 3. The van der Waals surface area contributed by atoms with E-state index in [9.17, 15) is 9.59 Å². The van der Waals surface area contributed by atoms with Crippen molar-refractivity contribution in [3.8, 4) is 11.5 Å². The Kier molecular flexibility index (Phi) is 5.19. The minimum absolute atomic E-state index is 0.0261. The molecule has 7 heteroatoms. The van der Waals surface area contributed by atoms with Crippen LogP contribution in [0.25, 0.3) is 10.8 Å². The van der Waals surface area contributed by atoms with Gasteiger partial charge in [-0.25, -0.2) is 4.68 Å². The Hall–Kier alpha value is -3.19. The van der Waals surface area contributed by atoms with Gasteiger partial charge >= 0.3 is 0 Å². The van der Waals surface area contributed by atoms with Gasteiger partial charge < -0.3 is 9.47 Å². The lowest BCUT2D eigenvalue weighted by molar-refractivity contribution is 0.0800. The van der Waals surface area contributed by atoms with E-state index in [1.807, 2.05) is 43.3 Å². The number of fused-ring (bicyclic) bond motifs is 2. The molecule has 0 radical (unpaired) electrons. The summed E-state index contributed by atoms with van der Waals surface area (Å²) in [5.74, 6) is 1.46. The average molecular weight is 419 g/mol.